The summed E-state index contributed by atoms with van der Waals surface area (Å²) in [7, 11) is 0. The highest BCUT2D eigenvalue weighted by atomic mass is 16.3. The first-order chi connectivity index (χ1) is 8.67. The number of rotatable bonds is 5. The third-order valence-electron chi connectivity index (χ3n) is 4.43. The molecule has 2 rings (SSSR count). The minimum atomic E-state index is -0.559. The van der Waals surface area contributed by atoms with Crippen molar-refractivity contribution in [3.63, 3.8) is 0 Å². The van der Waals surface area contributed by atoms with Crippen molar-refractivity contribution in [1.82, 2.24) is 0 Å². The molecule has 0 heterocycles. The summed E-state index contributed by atoms with van der Waals surface area (Å²) in [5, 5.41) is 10.9. The average molecular weight is 246 g/mol. The quantitative estimate of drug-likeness (QED) is 0.744. The summed E-state index contributed by atoms with van der Waals surface area (Å²) < 4.78 is 0. The first kappa shape index (κ1) is 13.6. The fraction of sp³-hybridized carbons (Fsp3) is 0.647. The molecule has 0 saturated heterocycles. The van der Waals surface area contributed by atoms with Crippen molar-refractivity contribution >= 4 is 0 Å². The first-order valence-corrected chi connectivity index (χ1v) is 7.49. The van der Waals surface area contributed by atoms with E-state index in [1.807, 2.05) is 0 Å². The van der Waals surface area contributed by atoms with Gasteiger partial charge in [0.05, 0.1) is 5.60 Å². The lowest BCUT2D eigenvalue weighted by Gasteiger charge is -2.37. The van der Waals surface area contributed by atoms with Crippen LogP contribution in [0.2, 0.25) is 0 Å². The van der Waals surface area contributed by atoms with E-state index in [2.05, 4.69) is 38.1 Å². The second kappa shape index (κ2) is 5.88. The van der Waals surface area contributed by atoms with Crippen LogP contribution in [0.15, 0.2) is 24.3 Å². The molecule has 1 aromatic carbocycles. The van der Waals surface area contributed by atoms with E-state index in [9.17, 15) is 5.11 Å². The van der Waals surface area contributed by atoms with Gasteiger partial charge in [-0.1, -0.05) is 63.8 Å². The monoisotopic (exact) mass is 246 g/mol. The molecule has 1 nitrogen and oxygen atoms in total. The van der Waals surface area contributed by atoms with Crippen molar-refractivity contribution in [3.05, 3.63) is 35.4 Å². The fourth-order valence-electron chi connectivity index (χ4n) is 3.20. The summed E-state index contributed by atoms with van der Waals surface area (Å²) >= 11 is 0. The lowest BCUT2D eigenvalue weighted by atomic mass is 9.72. The van der Waals surface area contributed by atoms with E-state index in [1.54, 1.807) is 0 Å². The van der Waals surface area contributed by atoms with Gasteiger partial charge >= 0.3 is 0 Å². The van der Waals surface area contributed by atoms with E-state index in [0.29, 0.717) is 5.92 Å². The minimum absolute atomic E-state index is 0.559. The van der Waals surface area contributed by atoms with Crippen LogP contribution < -0.4 is 0 Å². The molecule has 1 aliphatic rings. The van der Waals surface area contributed by atoms with E-state index in [1.165, 1.54) is 30.4 Å². The third-order valence-corrected chi connectivity index (χ3v) is 4.43. The predicted molar refractivity (Wildman–Crippen MR) is 76.7 cm³/mol. The maximum Gasteiger partial charge on any atom is 0.0899 e. The van der Waals surface area contributed by atoms with Gasteiger partial charge in [-0.05, 0) is 36.3 Å². The molecule has 1 aliphatic carbocycles. The molecule has 1 heteroatoms. The van der Waals surface area contributed by atoms with Crippen molar-refractivity contribution in [2.24, 2.45) is 0 Å². The van der Waals surface area contributed by atoms with Crippen LogP contribution in [0.1, 0.15) is 75.8 Å². The molecule has 0 radical (unpaired) electrons. The molecule has 0 bridgehead atoms. The molecule has 1 aromatic rings. The molecule has 18 heavy (non-hydrogen) atoms. The molecule has 0 saturated carbocycles. The van der Waals surface area contributed by atoms with Gasteiger partial charge in [0.2, 0.25) is 0 Å². The highest BCUT2D eigenvalue weighted by Crippen LogP contribution is 2.43. The zero-order valence-electron chi connectivity index (χ0n) is 11.8. The number of aliphatic hydroxyl groups is 1. The predicted octanol–water partition coefficient (Wildman–Crippen LogP) is 4.74. The van der Waals surface area contributed by atoms with Gasteiger partial charge < -0.3 is 5.11 Å². The summed E-state index contributed by atoms with van der Waals surface area (Å²) in [6.45, 7) is 4.50. The summed E-state index contributed by atoms with van der Waals surface area (Å²) in [5.41, 5.74) is 2.00. The number of hydrogen-bond acceptors (Lipinski definition) is 1. The highest BCUT2D eigenvalue weighted by Gasteiger charge is 2.35. The van der Waals surface area contributed by atoms with Gasteiger partial charge in [-0.15, -0.1) is 0 Å². The number of unbranched alkanes of at least 4 members (excludes halogenated alkanes) is 3. The topological polar surface area (TPSA) is 20.2 Å². The Labute approximate surface area is 111 Å². The lowest BCUT2D eigenvalue weighted by molar-refractivity contribution is 0.00463. The Bertz CT molecular complexity index is 385. The van der Waals surface area contributed by atoms with Crippen LogP contribution in [0.3, 0.4) is 0 Å². The molecular weight excluding hydrogens is 220 g/mol. The van der Waals surface area contributed by atoms with Crippen LogP contribution in [0.4, 0.5) is 0 Å². The summed E-state index contributed by atoms with van der Waals surface area (Å²) in [6.07, 6.45) is 7.90. The first-order valence-electron chi connectivity index (χ1n) is 7.49. The number of fused-ring (bicyclic) bond motifs is 1. The van der Waals surface area contributed by atoms with Gasteiger partial charge in [-0.2, -0.15) is 0 Å². The molecule has 0 aromatic heterocycles. The molecule has 1 N–H and O–H groups in total. The summed E-state index contributed by atoms with van der Waals surface area (Å²) in [6, 6.07) is 8.48. The zero-order chi connectivity index (χ0) is 13.0. The highest BCUT2D eigenvalue weighted by molar-refractivity contribution is 5.37. The van der Waals surface area contributed by atoms with Gasteiger partial charge in [0.15, 0.2) is 0 Å². The van der Waals surface area contributed by atoms with Crippen LogP contribution in [0.25, 0.3) is 0 Å². The van der Waals surface area contributed by atoms with Gasteiger partial charge in [0, 0.05) is 0 Å². The molecular formula is C17H26O. The Hall–Kier alpha value is -0.820. The summed E-state index contributed by atoms with van der Waals surface area (Å²) in [5.74, 6) is 0.595. The number of benzene rings is 1. The van der Waals surface area contributed by atoms with Crippen LogP contribution in [-0.4, -0.2) is 5.11 Å². The fourth-order valence-corrected chi connectivity index (χ4v) is 3.20. The maximum absolute atomic E-state index is 10.9. The lowest BCUT2D eigenvalue weighted by Crippen LogP contribution is -2.31. The Morgan fingerprint density at radius 2 is 2.00 bits per heavy atom. The van der Waals surface area contributed by atoms with Crippen molar-refractivity contribution in [1.29, 1.82) is 0 Å². The van der Waals surface area contributed by atoms with Crippen molar-refractivity contribution in [3.8, 4) is 0 Å². The van der Waals surface area contributed by atoms with Crippen molar-refractivity contribution < 1.29 is 5.11 Å². The molecule has 100 valence electrons. The second-order valence-corrected chi connectivity index (χ2v) is 5.87. The molecule has 0 aliphatic heterocycles. The van der Waals surface area contributed by atoms with Gasteiger partial charge in [0.1, 0.15) is 0 Å². The van der Waals surface area contributed by atoms with Crippen LogP contribution >= 0.6 is 0 Å². The zero-order valence-corrected chi connectivity index (χ0v) is 11.8. The molecule has 0 spiro atoms. The average Bonchev–Trinajstić information content (AvgIpc) is 2.40. The smallest absolute Gasteiger partial charge is 0.0899 e. The van der Waals surface area contributed by atoms with Gasteiger partial charge in [-0.3, -0.25) is 0 Å². The van der Waals surface area contributed by atoms with Crippen molar-refractivity contribution in [2.45, 2.75) is 70.3 Å². The van der Waals surface area contributed by atoms with E-state index < -0.39 is 5.60 Å². The number of hydrogen-bond donors (Lipinski definition) is 1. The molecule has 2 unspecified atom stereocenters. The standard InChI is InChI=1S/C17H26O/c1-3-4-5-8-12-17(18)13-11-14(2)15-9-6-7-10-16(15)17/h6-7,9-10,14,18H,3-5,8,11-13H2,1-2H3. The normalized spacial score (nSPS) is 26.9. The third kappa shape index (κ3) is 2.77. The Morgan fingerprint density at radius 1 is 1.22 bits per heavy atom. The van der Waals surface area contributed by atoms with E-state index in [0.717, 1.165) is 25.7 Å². The van der Waals surface area contributed by atoms with Gasteiger partial charge in [-0.25, -0.2) is 0 Å². The molecule has 0 amide bonds. The van der Waals surface area contributed by atoms with Crippen molar-refractivity contribution in [2.75, 3.05) is 0 Å². The van der Waals surface area contributed by atoms with Gasteiger partial charge in [0.25, 0.3) is 0 Å². The summed E-state index contributed by atoms with van der Waals surface area (Å²) in [4.78, 5) is 0. The van der Waals surface area contributed by atoms with Crippen LogP contribution in [0.5, 0.6) is 0 Å². The Balaban J connectivity index is 2.11. The maximum atomic E-state index is 10.9. The molecule has 0 fully saturated rings. The van der Waals surface area contributed by atoms with E-state index in [-0.39, 0.29) is 0 Å². The second-order valence-electron chi connectivity index (χ2n) is 5.87. The molecule has 2 atom stereocenters. The SMILES string of the molecule is CCCCCCC1(O)CCC(C)c2ccccc21. The van der Waals surface area contributed by atoms with E-state index in [4.69, 9.17) is 0 Å². The van der Waals surface area contributed by atoms with E-state index >= 15 is 0 Å². The van der Waals surface area contributed by atoms with Crippen LogP contribution in [0, 0.1) is 0 Å². The largest absolute Gasteiger partial charge is 0.385 e. The minimum Gasteiger partial charge on any atom is -0.385 e. The Kier molecular flexibility index (Phi) is 4.45. The van der Waals surface area contributed by atoms with Crippen LogP contribution in [-0.2, 0) is 5.60 Å². The Morgan fingerprint density at radius 3 is 2.78 bits per heavy atom.